The van der Waals surface area contributed by atoms with Gasteiger partial charge in [0.1, 0.15) is 5.82 Å². The summed E-state index contributed by atoms with van der Waals surface area (Å²) in [5, 5.41) is 6.45. The third-order valence-electron chi connectivity index (χ3n) is 4.11. The van der Waals surface area contributed by atoms with Crippen LogP contribution in [0.2, 0.25) is 0 Å². The van der Waals surface area contributed by atoms with E-state index in [1.807, 2.05) is 6.07 Å². The standard InChI is InChI=1S/C18H25N5O/c1-24-14-11-19-17-9-10-20-18(22-17)21-15-5-7-16(8-6-15)23-12-3-2-4-13-23/h5-10H,2-4,11-14H2,1H3,(H2,19,20,21,22). The van der Waals surface area contributed by atoms with Gasteiger partial charge in [-0.25, -0.2) is 4.98 Å². The number of anilines is 4. The topological polar surface area (TPSA) is 62.3 Å². The van der Waals surface area contributed by atoms with Crippen LogP contribution in [0, 0.1) is 0 Å². The van der Waals surface area contributed by atoms with Gasteiger partial charge in [0, 0.05) is 44.3 Å². The van der Waals surface area contributed by atoms with Crippen molar-refractivity contribution in [3.05, 3.63) is 36.5 Å². The molecule has 3 rings (SSSR count). The highest BCUT2D eigenvalue weighted by Gasteiger charge is 2.10. The molecule has 6 nitrogen and oxygen atoms in total. The van der Waals surface area contributed by atoms with E-state index in [0.717, 1.165) is 31.1 Å². The molecule has 1 saturated heterocycles. The maximum atomic E-state index is 5.03. The molecule has 1 aliphatic heterocycles. The van der Waals surface area contributed by atoms with Gasteiger partial charge in [-0.1, -0.05) is 0 Å². The summed E-state index contributed by atoms with van der Waals surface area (Å²) in [5.41, 5.74) is 2.28. The molecule has 0 saturated carbocycles. The Labute approximate surface area is 143 Å². The predicted molar refractivity (Wildman–Crippen MR) is 98.2 cm³/mol. The minimum absolute atomic E-state index is 0.586. The molecule has 2 N–H and O–H groups in total. The molecule has 1 aromatic heterocycles. The van der Waals surface area contributed by atoms with Crippen molar-refractivity contribution in [2.45, 2.75) is 19.3 Å². The van der Waals surface area contributed by atoms with Crippen molar-refractivity contribution in [3.63, 3.8) is 0 Å². The molecule has 0 atom stereocenters. The Balaban J connectivity index is 1.60. The van der Waals surface area contributed by atoms with E-state index in [9.17, 15) is 0 Å². The minimum atomic E-state index is 0.586. The van der Waals surface area contributed by atoms with Crippen LogP contribution in [0.4, 0.5) is 23.1 Å². The Bertz CT molecular complexity index is 626. The van der Waals surface area contributed by atoms with Gasteiger partial charge in [0.25, 0.3) is 0 Å². The van der Waals surface area contributed by atoms with Crippen molar-refractivity contribution >= 4 is 23.1 Å². The van der Waals surface area contributed by atoms with Crippen LogP contribution in [0.15, 0.2) is 36.5 Å². The zero-order valence-corrected chi connectivity index (χ0v) is 14.2. The molecule has 0 amide bonds. The minimum Gasteiger partial charge on any atom is -0.383 e. The van der Waals surface area contributed by atoms with Crippen molar-refractivity contribution in [1.29, 1.82) is 0 Å². The average molecular weight is 327 g/mol. The number of ether oxygens (including phenoxy) is 1. The van der Waals surface area contributed by atoms with Crippen molar-refractivity contribution in [2.75, 3.05) is 48.9 Å². The monoisotopic (exact) mass is 327 g/mol. The fourth-order valence-corrected chi connectivity index (χ4v) is 2.84. The van der Waals surface area contributed by atoms with E-state index in [-0.39, 0.29) is 0 Å². The van der Waals surface area contributed by atoms with Gasteiger partial charge in [0.05, 0.1) is 6.61 Å². The second-order valence-electron chi connectivity index (χ2n) is 5.90. The third-order valence-corrected chi connectivity index (χ3v) is 4.11. The SMILES string of the molecule is COCCNc1ccnc(Nc2ccc(N3CCCCC3)cc2)n1. The molecule has 24 heavy (non-hydrogen) atoms. The Morgan fingerprint density at radius 2 is 1.88 bits per heavy atom. The molecule has 6 heteroatoms. The van der Waals surface area contributed by atoms with E-state index in [2.05, 4.69) is 49.8 Å². The van der Waals surface area contributed by atoms with Crippen LogP contribution in [-0.4, -0.2) is 43.3 Å². The summed E-state index contributed by atoms with van der Waals surface area (Å²) < 4.78 is 5.03. The quantitative estimate of drug-likeness (QED) is 0.761. The predicted octanol–water partition coefficient (Wildman–Crippen LogP) is 3.27. The van der Waals surface area contributed by atoms with E-state index in [1.165, 1.54) is 24.9 Å². The smallest absolute Gasteiger partial charge is 0.229 e. The molecule has 1 aliphatic rings. The van der Waals surface area contributed by atoms with Crippen LogP contribution in [0.3, 0.4) is 0 Å². The number of aromatic nitrogens is 2. The van der Waals surface area contributed by atoms with Gasteiger partial charge in [-0.05, 0) is 49.6 Å². The van der Waals surface area contributed by atoms with Gasteiger partial charge in [-0.2, -0.15) is 4.98 Å². The van der Waals surface area contributed by atoms with E-state index < -0.39 is 0 Å². The first-order valence-corrected chi connectivity index (χ1v) is 8.53. The molecule has 128 valence electrons. The lowest BCUT2D eigenvalue weighted by Gasteiger charge is -2.28. The fraction of sp³-hybridized carbons (Fsp3) is 0.444. The number of methoxy groups -OCH3 is 1. The molecule has 0 bridgehead atoms. The summed E-state index contributed by atoms with van der Waals surface area (Å²) in [6.07, 6.45) is 5.67. The van der Waals surface area contributed by atoms with Gasteiger partial charge >= 0.3 is 0 Å². The van der Waals surface area contributed by atoms with Crippen molar-refractivity contribution in [2.24, 2.45) is 0 Å². The number of rotatable bonds is 7. The van der Waals surface area contributed by atoms with Crippen LogP contribution in [0.5, 0.6) is 0 Å². The maximum Gasteiger partial charge on any atom is 0.229 e. The Morgan fingerprint density at radius 1 is 1.08 bits per heavy atom. The Kier molecular flexibility index (Phi) is 5.85. The van der Waals surface area contributed by atoms with E-state index in [0.29, 0.717) is 12.6 Å². The zero-order chi connectivity index (χ0) is 16.6. The lowest BCUT2D eigenvalue weighted by atomic mass is 10.1. The second kappa shape index (κ2) is 8.49. The molecule has 2 aromatic rings. The zero-order valence-electron chi connectivity index (χ0n) is 14.2. The first-order chi connectivity index (χ1) is 11.8. The maximum absolute atomic E-state index is 5.03. The Hall–Kier alpha value is -2.34. The number of benzene rings is 1. The summed E-state index contributed by atoms with van der Waals surface area (Å²) in [7, 11) is 1.68. The molecule has 2 heterocycles. The van der Waals surface area contributed by atoms with Crippen LogP contribution in [-0.2, 0) is 4.74 Å². The second-order valence-corrected chi connectivity index (χ2v) is 5.90. The van der Waals surface area contributed by atoms with Crippen LogP contribution < -0.4 is 15.5 Å². The van der Waals surface area contributed by atoms with E-state index in [4.69, 9.17) is 4.74 Å². The van der Waals surface area contributed by atoms with E-state index >= 15 is 0 Å². The third kappa shape index (κ3) is 4.58. The van der Waals surface area contributed by atoms with Crippen LogP contribution in [0.25, 0.3) is 0 Å². The van der Waals surface area contributed by atoms with Gasteiger partial charge in [-0.3, -0.25) is 0 Å². The summed E-state index contributed by atoms with van der Waals surface area (Å²) in [6.45, 7) is 3.68. The van der Waals surface area contributed by atoms with Crippen LogP contribution >= 0.6 is 0 Å². The Morgan fingerprint density at radius 3 is 2.62 bits per heavy atom. The molecule has 0 unspecified atom stereocenters. The number of nitrogens with zero attached hydrogens (tertiary/aromatic N) is 3. The number of nitrogens with one attached hydrogen (secondary N) is 2. The van der Waals surface area contributed by atoms with Crippen LogP contribution in [0.1, 0.15) is 19.3 Å². The highest BCUT2D eigenvalue weighted by atomic mass is 16.5. The van der Waals surface area contributed by atoms with Gasteiger partial charge in [-0.15, -0.1) is 0 Å². The number of hydrogen-bond acceptors (Lipinski definition) is 6. The van der Waals surface area contributed by atoms with E-state index in [1.54, 1.807) is 13.3 Å². The largest absolute Gasteiger partial charge is 0.383 e. The number of hydrogen-bond donors (Lipinski definition) is 2. The molecule has 1 aromatic carbocycles. The van der Waals surface area contributed by atoms with Crippen molar-refractivity contribution < 1.29 is 4.74 Å². The van der Waals surface area contributed by atoms with Crippen molar-refractivity contribution in [1.82, 2.24) is 9.97 Å². The highest BCUT2D eigenvalue weighted by Crippen LogP contribution is 2.23. The normalized spacial score (nSPS) is 14.5. The summed E-state index contributed by atoms with van der Waals surface area (Å²) in [4.78, 5) is 11.2. The lowest BCUT2D eigenvalue weighted by molar-refractivity contribution is 0.210. The molecular weight excluding hydrogens is 302 g/mol. The lowest BCUT2D eigenvalue weighted by Crippen LogP contribution is -2.29. The molecule has 0 radical (unpaired) electrons. The summed E-state index contributed by atoms with van der Waals surface area (Å²) in [5.74, 6) is 1.37. The summed E-state index contributed by atoms with van der Waals surface area (Å²) >= 11 is 0. The highest BCUT2D eigenvalue weighted by molar-refractivity contribution is 5.60. The van der Waals surface area contributed by atoms with Gasteiger partial charge in [0.15, 0.2) is 0 Å². The van der Waals surface area contributed by atoms with Gasteiger partial charge in [0.2, 0.25) is 5.95 Å². The molecule has 0 aliphatic carbocycles. The first kappa shape index (κ1) is 16.5. The molecule has 0 spiro atoms. The first-order valence-electron chi connectivity index (χ1n) is 8.53. The molecule has 1 fully saturated rings. The molecular formula is C18H25N5O. The number of piperidine rings is 1. The fourth-order valence-electron chi connectivity index (χ4n) is 2.84. The van der Waals surface area contributed by atoms with Crippen molar-refractivity contribution in [3.8, 4) is 0 Å². The van der Waals surface area contributed by atoms with Gasteiger partial charge < -0.3 is 20.3 Å². The summed E-state index contributed by atoms with van der Waals surface area (Å²) in [6, 6.07) is 10.3. The average Bonchev–Trinajstić information content (AvgIpc) is 2.64.